The van der Waals surface area contributed by atoms with Gasteiger partial charge >= 0.3 is 0 Å². The van der Waals surface area contributed by atoms with E-state index in [0.29, 0.717) is 5.92 Å². The monoisotopic (exact) mass is 712 g/mol. The standard InChI is InChI=1S/C53H48N2/c1-36-14-25-43(26-15-36)54-52-33-16-37(2)34-48(52)42-19-17-39(18-20-42)41-23-29-45(30-24-41)55(44-27-21-40(22-28-44)38-10-6-5-7-11-38)46-31-32-51-49(35-46)47-12-8-9-13-50(47)53(51,3)4/h5-23,25-35,41,48,52,54H,24H2,1-4H3. The van der Waals surface area contributed by atoms with Gasteiger partial charge in [-0.1, -0.05) is 165 Å². The highest BCUT2D eigenvalue weighted by molar-refractivity contribution is 5.85. The van der Waals surface area contributed by atoms with Gasteiger partial charge in [-0.25, -0.2) is 0 Å². The Morgan fingerprint density at radius 1 is 0.600 bits per heavy atom. The fraction of sp³-hybridized carbons (Fsp3) is 0.170. The molecule has 3 aliphatic rings. The van der Waals surface area contributed by atoms with Gasteiger partial charge in [0.25, 0.3) is 0 Å². The first-order chi connectivity index (χ1) is 26.8. The van der Waals surface area contributed by atoms with Crippen molar-refractivity contribution in [3.63, 3.8) is 0 Å². The van der Waals surface area contributed by atoms with E-state index in [4.69, 9.17) is 0 Å². The van der Waals surface area contributed by atoms with Crippen molar-refractivity contribution in [1.29, 1.82) is 0 Å². The molecular weight excluding hydrogens is 665 g/mol. The van der Waals surface area contributed by atoms with Crippen LogP contribution < -0.4 is 10.2 Å². The van der Waals surface area contributed by atoms with Crippen LogP contribution >= 0.6 is 0 Å². The quantitative estimate of drug-likeness (QED) is 0.169. The lowest BCUT2D eigenvalue weighted by molar-refractivity contribution is 0.660. The average molecular weight is 713 g/mol. The first-order valence-corrected chi connectivity index (χ1v) is 19.7. The maximum absolute atomic E-state index is 3.78. The first-order valence-electron chi connectivity index (χ1n) is 19.7. The minimum absolute atomic E-state index is 0.0271. The summed E-state index contributed by atoms with van der Waals surface area (Å²) >= 11 is 0. The molecule has 55 heavy (non-hydrogen) atoms. The lowest BCUT2D eigenvalue weighted by Gasteiger charge is -2.30. The zero-order valence-electron chi connectivity index (χ0n) is 32.2. The number of rotatable bonds is 8. The van der Waals surface area contributed by atoms with Crippen LogP contribution in [0.15, 0.2) is 193 Å². The number of hydrogen-bond acceptors (Lipinski definition) is 2. The molecule has 6 aromatic rings. The third-order valence-electron chi connectivity index (χ3n) is 11.9. The highest BCUT2D eigenvalue weighted by Crippen LogP contribution is 2.50. The molecule has 2 heteroatoms. The smallest absolute Gasteiger partial charge is 0.0551 e. The van der Waals surface area contributed by atoms with Crippen LogP contribution in [0.1, 0.15) is 66.8 Å². The molecule has 0 saturated carbocycles. The number of allylic oxidation sites excluding steroid dienone is 5. The molecule has 0 amide bonds. The molecule has 3 unspecified atom stereocenters. The van der Waals surface area contributed by atoms with E-state index in [1.165, 1.54) is 67.0 Å². The predicted octanol–water partition coefficient (Wildman–Crippen LogP) is 13.8. The molecule has 1 N–H and O–H groups in total. The summed E-state index contributed by atoms with van der Waals surface area (Å²) in [7, 11) is 0. The Bertz CT molecular complexity index is 2460. The Morgan fingerprint density at radius 3 is 2.02 bits per heavy atom. The van der Waals surface area contributed by atoms with E-state index in [0.717, 1.165) is 17.8 Å². The molecular formula is C53H48N2. The average Bonchev–Trinajstić information content (AvgIpc) is 3.46. The van der Waals surface area contributed by atoms with Crippen molar-refractivity contribution in [2.75, 3.05) is 10.2 Å². The first kappa shape index (κ1) is 34.6. The number of fused-ring (bicyclic) bond motifs is 3. The molecule has 0 bridgehead atoms. The van der Waals surface area contributed by atoms with Crippen LogP contribution in [-0.4, -0.2) is 6.04 Å². The van der Waals surface area contributed by atoms with Crippen LogP contribution in [0.3, 0.4) is 0 Å². The summed E-state index contributed by atoms with van der Waals surface area (Å²) in [5, 5.41) is 3.78. The number of anilines is 3. The third-order valence-corrected chi connectivity index (χ3v) is 11.9. The molecule has 0 radical (unpaired) electrons. The minimum Gasteiger partial charge on any atom is -0.378 e. The van der Waals surface area contributed by atoms with E-state index < -0.39 is 0 Å². The van der Waals surface area contributed by atoms with Gasteiger partial charge in [-0.3, -0.25) is 0 Å². The van der Waals surface area contributed by atoms with Gasteiger partial charge in [0.2, 0.25) is 0 Å². The Hall–Kier alpha value is -6.12. The fourth-order valence-electron chi connectivity index (χ4n) is 8.82. The number of aryl methyl sites for hydroxylation is 1. The number of nitrogens with one attached hydrogen (secondary N) is 1. The van der Waals surface area contributed by atoms with Crippen molar-refractivity contribution in [1.82, 2.24) is 0 Å². The molecule has 0 aliphatic heterocycles. The second-order valence-corrected chi connectivity index (χ2v) is 16.0. The summed E-state index contributed by atoms with van der Waals surface area (Å²) in [4.78, 5) is 2.44. The zero-order valence-corrected chi connectivity index (χ0v) is 32.2. The van der Waals surface area contributed by atoms with Gasteiger partial charge in [0.1, 0.15) is 0 Å². The molecule has 0 saturated heterocycles. The summed E-state index contributed by atoms with van der Waals surface area (Å²) in [6.45, 7) is 9.02. The largest absolute Gasteiger partial charge is 0.378 e. The van der Waals surface area contributed by atoms with Crippen molar-refractivity contribution in [2.24, 2.45) is 0 Å². The lowest BCUT2D eigenvalue weighted by atomic mass is 9.82. The van der Waals surface area contributed by atoms with Gasteiger partial charge in [-0.2, -0.15) is 0 Å². The van der Waals surface area contributed by atoms with Crippen molar-refractivity contribution in [3.05, 3.63) is 221 Å². The Labute approximate surface area is 326 Å². The molecule has 0 aromatic heterocycles. The molecule has 6 aromatic carbocycles. The number of nitrogens with zero attached hydrogens (tertiary/aromatic N) is 1. The molecule has 3 atom stereocenters. The van der Waals surface area contributed by atoms with E-state index in [2.05, 4.69) is 220 Å². The summed E-state index contributed by atoms with van der Waals surface area (Å²) in [5.74, 6) is 0.582. The molecule has 9 rings (SSSR count). The normalized spacial score (nSPS) is 19.2. The minimum atomic E-state index is -0.0271. The zero-order chi connectivity index (χ0) is 37.5. The topological polar surface area (TPSA) is 15.3 Å². The fourth-order valence-corrected chi connectivity index (χ4v) is 8.82. The maximum Gasteiger partial charge on any atom is 0.0551 e. The molecule has 0 heterocycles. The van der Waals surface area contributed by atoms with Crippen molar-refractivity contribution in [2.45, 2.75) is 57.4 Å². The van der Waals surface area contributed by atoms with Crippen LogP contribution in [0.4, 0.5) is 17.1 Å². The van der Waals surface area contributed by atoms with Crippen LogP contribution in [0.25, 0.3) is 22.3 Å². The molecule has 2 nitrogen and oxygen atoms in total. The van der Waals surface area contributed by atoms with Gasteiger partial charge in [-0.15, -0.1) is 0 Å². The predicted molar refractivity (Wildman–Crippen MR) is 233 cm³/mol. The van der Waals surface area contributed by atoms with Gasteiger partial charge in [0.15, 0.2) is 0 Å². The van der Waals surface area contributed by atoms with Crippen molar-refractivity contribution >= 4 is 17.1 Å². The maximum atomic E-state index is 3.78. The molecule has 270 valence electrons. The van der Waals surface area contributed by atoms with E-state index >= 15 is 0 Å². The SMILES string of the molecule is CC1=CC(c2ccc(C3C=CC(N(c4ccc(-c5ccccc5)cc4)c4ccc5c(c4)-c4ccccc4C5(C)C)=CC3)cc2)C(Nc2ccc(C)cc2)C=C1. The summed E-state index contributed by atoms with van der Waals surface area (Å²) in [5.41, 5.74) is 17.8. The van der Waals surface area contributed by atoms with Crippen LogP contribution in [0.5, 0.6) is 0 Å². The number of benzene rings is 6. The van der Waals surface area contributed by atoms with E-state index in [9.17, 15) is 0 Å². The van der Waals surface area contributed by atoms with Crippen LogP contribution in [0.2, 0.25) is 0 Å². The van der Waals surface area contributed by atoms with Crippen LogP contribution in [0, 0.1) is 6.92 Å². The Kier molecular flexibility index (Phi) is 8.98. The van der Waals surface area contributed by atoms with Crippen LogP contribution in [-0.2, 0) is 5.41 Å². The van der Waals surface area contributed by atoms with Gasteiger partial charge in [-0.05, 0) is 107 Å². The van der Waals surface area contributed by atoms with Crippen molar-refractivity contribution in [3.8, 4) is 22.3 Å². The highest BCUT2D eigenvalue weighted by Gasteiger charge is 2.35. The number of hydrogen-bond donors (Lipinski definition) is 1. The Morgan fingerprint density at radius 2 is 1.27 bits per heavy atom. The van der Waals surface area contributed by atoms with E-state index in [1.54, 1.807) is 0 Å². The third kappa shape index (κ3) is 6.67. The highest BCUT2D eigenvalue weighted by atomic mass is 15.1. The van der Waals surface area contributed by atoms with E-state index in [1.807, 2.05) is 0 Å². The molecule has 0 spiro atoms. The lowest BCUT2D eigenvalue weighted by Crippen LogP contribution is -2.26. The second-order valence-electron chi connectivity index (χ2n) is 16.0. The van der Waals surface area contributed by atoms with Gasteiger partial charge in [0, 0.05) is 40.0 Å². The Balaban J connectivity index is 0.999. The van der Waals surface area contributed by atoms with Gasteiger partial charge in [0.05, 0.1) is 6.04 Å². The summed E-state index contributed by atoms with van der Waals surface area (Å²) < 4.78 is 0. The molecule has 3 aliphatic carbocycles. The molecule has 0 fully saturated rings. The van der Waals surface area contributed by atoms with Crippen molar-refractivity contribution < 1.29 is 0 Å². The van der Waals surface area contributed by atoms with E-state index in [-0.39, 0.29) is 17.4 Å². The summed E-state index contributed by atoms with van der Waals surface area (Å²) in [6, 6.07) is 53.9. The summed E-state index contributed by atoms with van der Waals surface area (Å²) in [6.07, 6.45) is 15.0. The second kappa shape index (κ2) is 14.3. The van der Waals surface area contributed by atoms with Gasteiger partial charge < -0.3 is 10.2 Å².